The van der Waals surface area contributed by atoms with E-state index >= 15 is 0 Å². The summed E-state index contributed by atoms with van der Waals surface area (Å²) in [7, 11) is 11.9. The zero-order chi connectivity index (χ0) is 15.5. The van der Waals surface area contributed by atoms with Crippen LogP contribution in [0.4, 0.5) is 0 Å². The molecule has 0 saturated carbocycles. The van der Waals surface area contributed by atoms with E-state index < -0.39 is 16.1 Å². The van der Waals surface area contributed by atoms with E-state index in [4.69, 9.17) is 0 Å². The fourth-order valence-electron chi connectivity index (χ4n) is 2.75. The highest BCUT2D eigenvalue weighted by Gasteiger charge is 2.34. The lowest BCUT2D eigenvalue weighted by Gasteiger charge is -2.36. The van der Waals surface area contributed by atoms with Crippen LogP contribution >= 0.6 is 0 Å². The monoisotopic (exact) mass is 304 g/mol. The third-order valence-electron chi connectivity index (χ3n) is 3.88. The summed E-state index contributed by atoms with van der Waals surface area (Å²) in [5, 5.41) is 0. The van der Waals surface area contributed by atoms with Gasteiger partial charge in [0, 0.05) is 0 Å². The van der Waals surface area contributed by atoms with Gasteiger partial charge in [0.25, 0.3) is 0 Å². The molecule has 0 aromatic rings. The Morgan fingerprint density at radius 2 is 0.842 bits per heavy atom. The van der Waals surface area contributed by atoms with Gasteiger partial charge in [0.2, 0.25) is 0 Å². The van der Waals surface area contributed by atoms with Crippen LogP contribution < -0.4 is 0 Å². The quantitative estimate of drug-likeness (QED) is 0.476. The average Bonchev–Trinajstić information content (AvgIpc) is 2.09. The predicted molar refractivity (Wildman–Crippen MR) is 95.2 cm³/mol. The number of quaternary nitrogens is 2. The molecule has 0 atom stereocenters. The maximum Gasteiger partial charge on any atom is 0.0756 e. The number of nitrogens with zero attached hydrogens (tertiary/aromatic N) is 2. The van der Waals surface area contributed by atoms with Gasteiger partial charge in [-0.15, -0.1) is 0 Å². The largest absolute Gasteiger partial charge is 0.331 e. The summed E-state index contributed by atoms with van der Waals surface area (Å²) in [4.78, 5) is 0. The van der Waals surface area contributed by atoms with Crippen LogP contribution in [0, 0.1) is 0 Å². The lowest BCUT2D eigenvalue weighted by atomic mass is 10.6. The lowest BCUT2D eigenvalue weighted by molar-refractivity contribution is -0.868. The molecule has 0 radical (unpaired) electrons. The molecular formula is C15H40N2Si2+2. The van der Waals surface area contributed by atoms with Gasteiger partial charge in [-0.05, 0) is 12.1 Å². The molecule has 0 fully saturated rings. The van der Waals surface area contributed by atoms with E-state index in [1.807, 2.05) is 0 Å². The Labute approximate surface area is 125 Å². The Morgan fingerprint density at radius 3 is 1.05 bits per heavy atom. The third-order valence-corrected chi connectivity index (χ3v) is 14.7. The smallest absolute Gasteiger partial charge is 0.0756 e. The Morgan fingerprint density at radius 1 is 0.579 bits per heavy atom. The molecule has 19 heavy (non-hydrogen) atoms. The van der Waals surface area contributed by atoms with Crippen molar-refractivity contribution in [3.8, 4) is 0 Å². The number of rotatable bonds is 8. The van der Waals surface area contributed by atoms with Crippen molar-refractivity contribution in [2.75, 3.05) is 55.4 Å². The Kier molecular flexibility index (Phi) is 6.53. The topological polar surface area (TPSA) is 0 Å². The first-order chi connectivity index (χ1) is 8.12. The second-order valence-electron chi connectivity index (χ2n) is 10.0. The van der Waals surface area contributed by atoms with Crippen LogP contribution in [0.15, 0.2) is 0 Å². The maximum absolute atomic E-state index is 2.61. The number of hydrogen-bond acceptors (Lipinski definition) is 0. The maximum atomic E-state index is 2.61. The van der Waals surface area contributed by atoms with Crippen LogP contribution in [-0.4, -0.2) is 80.5 Å². The van der Waals surface area contributed by atoms with Gasteiger partial charge in [-0.1, -0.05) is 31.9 Å². The molecular weight excluding hydrogens is 264 g/mol. The molecule has 0 spiro atoms. The van der Waals surface area contributed by atoms with Crippen LogP contribution in [0.5, 0.6) is 0 Å². The van der Waals surface area contributed by atoms with E-state index in [-0.39, 0.29) is 0 Å². The fraction of sp³-hybridized carbons (Fsp3) is 1.00. The van der Waals surface area contributed by atoms with Crippen molar-refractivity contribution < 1.29 is 8.97 Å². The van der Waals surface area contributed by atoms with Crippen molar-refractivity contribution in [3.63, 3.8) is 0 Å². The molecule has 0 aliphatic rings. The molecule has 0 amide bonds. The molecule has 0 heterocycles. The van der Waals surface area contributed by atoms with Gasteiger partial charge in [-0.3, -0.25) is 0 Å². The molecule has 4 heteroatoms. The van der Waals surface area contributed by atoms with Crippen LogP contribution in [0.25, 0.3) is 0 Å². The zero-order valence-corrected chi connectivity index (χ0v) is 17.4. The summed E-state index contributed by atoms with van der Waals surface area (Å²) in [5.41, 5.74) is 1.60. The summed E-state index contributed by atoms with van der Waals surface area (Å²) in [5.74, 6) is 0. The van der Waals surface area contributed by atoms with E-state index in [1.54, 1.807) is 5.67 Å². The van der Waals surface area contributed by atoms with Gasteiger partial charge in [0.1, 0.15) is 0 Å². The molecule has 0 bridgehead atoms. The molecule has 2 nitrogen and oxygen atoms in total. The first kappa shape index (κ1) is 19.4. The summed E-state index contributed by atoms with van der Waals surface area (Å²) >= 11 is 0. The standard InChI is InChI=1S/C15H40N2Si2/c1-16(2,3)11-13-18(7,8)15-19(9,10)14-12-17(4,5)6/h11-15H2,1-10H3/q+2. The summed E-state index contributed by atoms with van der Waals surface area (Å²) in [6.45, 7) is 13.2. The van der Waals surface area contributed by atoms with Gasteiger partial charge in [-0.2, -0.15) is 0 Å². The first-order valence-corrected chi connectivity index (χ1v) is 14.6. The van der Waals surface area contributed by atoms with Gasteiger partial charge in [0.15, 0.2) is 0 Å². The molecule has 0 aliphatic carbocycles. The molecule has 0 aliphatic heterocycles. The highest BCUT2D eigenvalue weighted by atomic mass is 28.4. The van der Waals surface area contributed by atoms with Crippen molar-refractivity contribution in [2.24, 2.45) is 0 Å². The second-order valence-corrected chi connectivity index (χ2v) is 21.1. The lowest BCUT2D eigenvalue weighted by Crippen LogP contribution is -2.46. The fourth-order valence-corrected chi connectivity index (χ4v) is 17.1. The third kappa shape index (κ3) is 11.8. The van der Waals surface area contributed by atoms with Gasteiger partial charge >= 0.3 is 0 Å². The van der Waals surface area contributed by atoms with E-state index in [2.05, 4.69) is 68.5 Å². The highest BCUT2D eigenvalue weighted by molar-refractivity contribution is 6.95. The van der Waals surface area contributed by atoms with Crippen LogP contribution in [0.1, 0.15) is 0 Å². The highest BCUT2D eigenvalue weighted by Crippen LogP contribution is 2.27. The minimum Gasteiger partial charge on any atom is -0.331 e. The van der Waals surface area contributed by atoms with E-state index in [9.17, 15) is 0 Å². The molecule has 0 unspecified atom stereocenters. The predicted octanol–water partition coefficient (Wildman–Crippen LogP) is 3.35. The van der Waals surface area contributed by atoms with Crippen molar-refractivity contribution >= 4 is 16.1 Å². The van der Waals surface area contributed by atoms with Crippen LogP contribution in [-0.2, 0) is 0 Å². The SMILES string of the molecule is C[N+](C)(C)CC[Si](C)(C)C[Si](C)(C)CC[N+](C)(C)C. The van der Waals surface area contributed by atoms with Gasteiger partial charge < -0.3 is 8.97 Å². The molecule has 0 aromatic carbocycles. The van der Waals surface area contributed by atoms with Gasteiger partial charge in [0.05, 0.1) is 71.5 Å². The summed E-state index contributed by atoms with van der Waals surface area (Å²) in [6.07, 6.45) is 0. The molecule has 0 saturated heterocycles. The van der Waals surface area contributed by atoms with Crippen LogP contribution in [0.3, 0.4) is 0 Å². The molecule has 0 rings (SSSR count). The summed E-state index contributed by atoms with van der Waals surface area (Å²) < 4.78 is 2.24. The van der Waals surface area contributed by atoms with Crippen LogP contribution in [0.2, 0.25) is 43.9 Å². The zero-order valence-electron chi connectivity index (χ0n) is 15.4. The second kappa shape index (κ2) is 6.41. The average molecular weight is 305 g/mol. The van der Waals surface area contributed by atoms with Crippen molar-refractivity contribution in [3.05, 3.63) is 0 Å². The van der Waals surface area contributed by atoms with Crippen molar-refractivity contribution in [2.45, 2.75) is 43.9 Å². The van der Waals surface area contributed by atoms with Crippen molar-refractivity contribution in [1.29, 1.82) is 0 Å². The van der Waals surface area contributed by atoms with E-state index in [0.717, 1.165) is 8.97 Å². The normalized spacial score (nSPS) is 14.8. The van der Waals surface area contributed by atoms with E-state index in [1.165, 1.54) is 25.2 Å². The number of hydrogen-bond donors (Lipinski definition) is 0. The molecule has 116 valence electrons. The first-order valence-electron chi connectivity index (χ1n) is 7.73. The van der Waals surface area contributed by atoms with Crippen molar-refractivity contribution in [1.82, 2.24) is 0 Å². The Hall–Kier alpha value is 0.354. The molecule has 0 aromatic heterocycles. The molecule has 0 N–H and O–H groups in total. The Bertz CT molecular complexity index is 245. The minimum absolute atomic E-state index is 1.01. The Balaban J connectivity index is 4.37. The summed E-state index contributed by atoms with van der Waals surface area (Å²) in [6, 6.07) is 2.97. The van der Waals surface area contributed by atoms with Gasteiger partial charge in [-0.25, -0.2) is 0 Å². The minimum atomic E-state index is -1.01. The van der Waals surface area contributed by atoms with E-state index in [0.29, 0.717) is 0 Å².